The second kappa shape index (κ2) is 9.11. The largest absolute Gasteiger partial charge is 0.313 e. The zero-order valence-corrected chi connectivity index (χ0v) is 14.8. The van der Waals surface area contributed by atoms with Gasteiger partial charge in [-0.2, -0.15) is 0 Å². The van der Waals surface area contributed by atoms with Crippen LogP contribution in [0.5, 0.6) is 0 Å². The summed E-state index contributed by atoms with van der Waals surface area (Å²) >= 11 is 5.63. The van der Waals surface area contributed by atoms with Crippen LogP contribution in [0.4, 0.5) is 0 Å². The first kappa shape index (κ1) is 16.4. The van der Waals surface area contributed by atoms with Gasteiger partial charge in [0.25, 0.3) is 0 Å². The molecule has 1 saturated carbocycles. The molecule has 3 heteroatoms. The van der Waals surface area contributed by atoms with Crippen LogP contribution in [0.2, 0.25) is 0 Å². The van der Waals surface area contributed by atoms with Gasteiger partial charge in [0.05, 0.1) is 0 Å². The first-order chi connectivity index (χ1) is 9.79. The van der Waals surface area contributed by atoms with Gasteiger partial charge < -0.3 is 5.32 Å². The van der Waals surface area contributed by atoms with Crippen LogP contribution >= 0.6 is 27.7 Å². The van der Waals surface area contributed by atoms with E-state index in [0.717, 1.165) is 12.5 Å². The highest BCUT2D eigenvalue weighted by Gasteiger charge is 2.20. The van der Waals surface area contributed by atoms with Crippen LogP contribution in [0.15, 0.2) is 33.6 Å². The third-order valence-electron chi connectivity index (χ3n) is 4.05. The molecule has 1 fully saturated rings. The van der Waals surface area contributed by atoms with Crippen LogP contribution in [0, 0.1) is 5.92 Å². The molecule has 1 nitrogen and oxygen atoms in total. The number of benzene rings is 1. The lowest BCUT2D eigenvalue weighted by molar-refractivity contribution is 0.410. The number of hydrogen-bond donors (Lipinski definition) is 1. The fourth-order valence-corrected chi connectivity index (χ4v) is 4.60. The van der Waals surface area contributed by atoms with E-state index in [1.54, 1.807) is 0 Å². The first-order valence-electron chi connectivity index (χ1n) is 7.90. The van der Waals surface area contributed by atoms with E-state index in [1.807, 2.05) is 11.8 Å². The minimum absolute atomic E-state index is 0.662. The molecule has 1 aliphatic carbocycles. The molecule has 0 aromatic heterocycles. The third kappa shape index (κ3) is 5.42. The van der Waals surface area contributed by atoms with E-state index in [4.69, 9.17) is 0 Å². The summed E-state index contributed by atoms with van der Waals surface area (Å²) < 4.78 is 1.22. The fraction of sp³-hybridized carbons (Fsp3) is 0.647. The summed E-state index contributed by atoms with van der Waals surface area (Å²) in [6.45, 7) is 3.40. The Kier molecular flexibility index (Phi) is 7.47. The number of thioether (sulfide) groups is 1. The Morgan fingerprint density at radius 3 is 2.75 bits per heavy atom. The maximum absolute atomic E-state index is 3.75. The molecular formula is C17H26BrNS. The van der Waals surface area contributed by atoms with Crippen LogP contribution in [0.3, 0.4) is 0 Å². The van der Waals surface area contributed by atoms with Crippen molar-refractivity contribution in [3.05, 3.63) is 28.7 Å². The maximum Gasteiger partial charge on any atom is 0.0311 e. The summed E-state index contributed by atoms with van der Waals surface area (Å²) in [5, 5.41) is 3.75. The van der Waals surface area contributed by atoms with Gasteiger partial charge in [-0.25, -0.2) is 0 Å². The molecule has 20 heavy (non-hydrogen) atoms. The van der Waals surface area contributed by atoms with Gasteiger partial charge in [0.15, 0.2) is 0 Å². The molecular weight excluding hydrogens is 330 g/mol. The average molecular weight is 356 g/mol. The lowest BCUT2D eigenvalue weighted by Crippen LogP contribution is -2.33. The standard InChI is InChI=1S/C17H26BrNS/c1-2-11-19-15(12-14-7-3-4-8-14)13-20-17-10-6-5-9-16(17)18/h5-6,9-10,14-15,19H,2-4,7-8,11-13H2,1H3. The zero-order valence-electron chi connectivity index (χ0n) is 12.4. The van der Waals surface area contributed by atoms with E-state index in [-0.39, 0.29) is 0 Å². The highest BCUT2D eigenvalue weighted by molar-refractivity contribution is 9.10. The van der Waals surface area contributed by atoms with Crippen LogP contribution < -0.4 is 5.32 Å². The minimum Gasteiger partial charge on any atom is -0.313 e. The van der Waals surface area contributed by atoms with Crippen molar-refractivity contribution in [2.75, 3.05) is 12.3 Å². The number of rotatable bonds is 8. The fourth-order valence-electron chi connectivity index (χ4n) is 2.96. The summed E-state index contributed by atoms with van der Waals surface area (Å²) in [6, 6.07) is 9.21. The maximum atomic E-state index is 3.75. The van der Waals surface area contributed by atoms with Gasteiger partial charge >= 0.3 is 0 Å². The lowest BCUT2D eigenvalue weighted by atomic mass is 9.99. The van der Waals surface area contributed by atoms with Crippen molar-refractivity contribution in [3.8, 4) is 0 Å². The van der Waals surface area contributed by atoms with Crippen molar-refractivity contribution in [3.63, 3.8) is 0 Å². The lowest BCUT2D eigenvalue weighted by Gasteiger charge is -2.22. The Labute approximate surface area is 136 Å². The molecule has 0 spiro atoms. The Morgan fingerprint density at radius 1 is 1.30 bits per heavy atom. The summed E-state index contributed by atoms with van der Waals surface area (Å²) in [5.41, 5.74) is 0. The van der Waals surface area contributed by atoms with Crippen molar-refractivity contribution < 1.29 is 0 Å². The van der Waals surface area contributed by atoms with Gasteiger partial charge in [-0.15, -0.1) is 11.8 Å². The van der Waals surface area contributed by atoms with Crippen LogP contribution in [-0.4, -0.2) is 18.3 Å². The smallest absolute Gasteiger partial charge is 0.0311 e. The molecule has 112 valence electrons. The Morgan fingerprint density at radius 2 is 2.05 bits per heavy atom. The second-order valence-corrected chi connectivity index (χ2v) is 7.69. The minimum atomic E-state index is 0.662. The quantitative estimate of drug-likeness (QED) is 0.618. The Balaban J connectivity index is 1.84. The number of hydrogen-bond acceptors (Lipinski definition) is 2. The molecule has 0 saturated heterocycles. The van der Waals surface area contributed by atoms with E-state index in [0.29, 0.717) is 6.04 Å². The molecule has 0 aliphatic heterocycles. The van der Waals surface area contributed by atoms with Crippen molar-refractivity contribution in [2.24, 2.45) is 5.92 Å². The zero-order chi connectivity index (χ0) is 14.2. The van der Waals surface area contributed by atoms with Gasteiger partial charge in [0.1, 0.15) is 0 Å². The summed E-state index contributed by atoms with van der Waals surface area (Å²) in [6.07, 6.45) is 8.37. The Hall–Kier alpha value is 0.01000. The number of nitrogens with one attached hydrogen (secondary N) is 1. The van der Waals surface area contributed by atoms with Crippen LogP contribution in [0.1, 0.15) is 45.4 Å². The van der Waals surface area contributed by atoms with Crippen molar-refractivity contribution in [1.82, 2.24) is 5.32 Å². The topological polar surface area (TPSA) is 12.0 Å². The van der Waals surface area contributed by atoms with E-state index < -0.39 is 0 Å². The van der Waals surface area contributed by atoms with E-state index in [1.165, 1.54) is 53.6 Å². The molecule has 1 unspecified atom stereocenters. The second-order valence-electron chi connectivity index (χ2n) is 5.78. The third-order valence-corrected chi connectivity index (χ3v) is 6.24. The van der Waals surface area contributed by atoms with Gasteiger partial charge in [-0.05, 0) is 53.4 Å². The summed E-state index contributed by atoms with van der Waals surface area (Å²) in [4.78, 5) is 1.36. The number of halogens is 1. The molecule has 0 amide bonds. The highest BCUT2D eigenvalue weighted by Crippen LogP contribution is 2.32. The summed E-state index contributed by atoms with van der Waals surface area (Å²) in [5.74, 6) is 2.14. The average Bonchev–Trinajstić information content (AvgIpc) is 2.96. The van der Waals surface area contributed by atoms with Gasteiger partial charge in [0, 0.05) is 21.2 Å². The van der Waals surface area contributed by atoms with Crippen molar-refractivity contribution >= 4 is 27.7 Å². The van der Waals surface area contributed by atoms with Crippen LogP contribution in [-0.2, 0) is 0 Å². The molecule has 1 aromatic carbocycles. The normalized spacial score (nSPS) is 17.5. The molecule has 1 aliphatic rings. The van der Waals surface area contributed by atoms with E-state index >= 15 is 0 Å². The molecule has 0 heterocycles. The van der Waals surface area contributed by atoms with Crippen LogP contribution in [0.25, 0.3) is 0 Å². The Bertz CT molecular complexity index is 390. The molecule has 1 N–H and O–H groups in total. The predicted molar refractivity (Wildman–Crippen MR) is 93.5 cm³/mol. The van der Waals surface area contributed by atoms with Gasteiger partial charge in [0.2, 0.25) is 0 Å². The van der Waals surface area contributed by atoms with Crippen molar-refractivity contribution in [1.29, 1.82) is 0 Å². The summed E-state index contributed by atoms with van der Waals surface area (Å²) in [7, 11) is 0. The van der Waals surface area contributed by atoms with Gasteiger partial charge in [-0.1, -0.05) is 44.7 Å². The monoisotopic (exact) mass is 355 g/mol. The molecule has 1 atom stereocenters. The molecule has 1 aromatic rings. The highest BCUT2D eigenvalue weighted by atomic mass is 79.9. The van der Waals surface area contributed by atoms with E-state index in [9.17, 15) is 0 Å². The van der Waals surface area contributed by atoms with Crippen molar-refractivity contribution in [2.45, 2.75) is 56.4 Å². The SMILES string of the molecule is CCCNC(CSc1ccccc1Br)CC1CCCC1. The predicted octanol–water partition coefficient (Wildman–Crippen LogP) is 5.49. The van der Waals surface area contributed by atoms with E-state index in [2.05, 4.69) is 52.4 Å². The molecule has 2 rings (SSSR count). The molecule has 0 radical (unpaired) electrons. The molecule has 0 bridgehead atoms. The first-order valence-corrected chi connectivity index (χ1v) is 9.68. The van der Waals surface area contributed by atoms with Gasteiger partial charge in [-0.3, -0.25) is 0 Å².